The van der Waals surface area contributed by atoms with E-state index in [0.29, 0.717) is 0 Å². The van der Waals surface area contributed by atoms with Gasteiger partial charge in [-0.2, -0.15) is 0 Å². The topological polar surface area (TPSA) is 40.5 Å². The monoisotopic (exact) mass is 307 g/mol. The second kappa shape index (κ2) is 6.49. The van der Waals surface area contributed by atoms with E-state index in [1.807, 2.05) is 7.05 Å². The molecule has 3 rings (SSSR count). The highest BCUT2D eigenvalue weighted by atomic mass is 32.1. The summed E-state index contributed by atoms with van der Waals surface area (Å²) < 4.78 is 0. The summed E-state index contributed by atoms with van der Waals surface area (Å²) in [6.07, 6.45) is 9.62. The number of amides is 1. The number of carbonyl (C=O) groups is 1. The second-order valence-electron chi connectivity index (χ2n) is 6.45. The van der Waals surface area contributed by atoms with Crippen molar-refractivity contribution in [1.29, 1.82) is 0 Å². The van der Waals surface area contributed by atoms with Crippen LogP contribution in [0.1, 0.15) is 65.1 Å². The van der Waals surface area contributed by atoms with Gasteiger partial charge in [0.25, 0.3) is 5.91 Å². The van der Waals surface area contributed by atoms with Gasteiger partial charge in [0.2, 0.25) is 0 Å². The van der Waals surface area contributed by atoms with Crippen molar-refractivity contribution in [3.63, 3.8) is 0 Å². The van der Waals surface area contributed by atoms with Crippen LogP contribution in [0.5, 0.6) is 0 Å². The summed E-state index contributed by atoms with van der Waals surface area (Å²) in [5.41, 5.74) is 1.39. The molecule has 4 heteroatoms. The van der Waals surface area contributed by atoms with Crippen LogP contribution in [-0.2, 0) is 12.8 Å². The number of fused-ring (bicyclic) bond motifs is 1. The maximum absolute atomic E-state index is 12.7. The summed E-state index contributed by atoms with van der Waals surface area (Å²) in [5, 5.41) is 10.1. The third-order valence-corrected chi connectivity index (χ3v) is 6.19. The zero-order valence-electron chi connectivity index (χ0n) is 12.8. The molecule has 1 aromatic heterocycles. The van der Waals surface area contributed by atoms with Gasteiger partial charge in [0.15, 0.2) is 0 Å². The van der Waals surface area contributed by atoms with E-state index in [2.05, 4.69) is 6.07 Å². The molecule has 1 amide bonds. The number of thiophene rings is 1. The van der Waals surface area contributed by atoms with E-state index in [9.17, 15) is 9.90 Å². The first-order valence-electron chi connectivity index (χ1n) is 8.23. The van der Waals surface area contributed by atoms with Gasteiger partial charge in [-0.15, -0.1) is 11.3 Å². The number of hydrogen-bond acceptors (Lipinski definition) is 3. The quantitative estimate of drug-likeness (QED) is 0.851. The fourth-order valence-electron chi connectivity index (χ4n) is 3.64. The van der Waals surface area contributed by atoms with Crippen molar-refractivity contribution in [1.82, 2.24) is 4.90 Å². The number of aliphatic hydroxyl groups excluding tert-OH is 1. The maximum atomic E-state index is 12.7. The summed E-state index contributed by atoms with van der Waals surface area (Å²) in [6, 6.07) is 2.10. The highest BCUT2D eigenvalue weighted by molar-refractivity contribution is 7.14. The molecule has 1 aromatic rings. The van der Waals surface area contributed by atoms with Crippen LogP contribution in [0, 0.1) is 0 Å². The molecule has 2 unspecified atom stereocenters. The number of hydrogen-bond donors (Lipinski definition) is 1. The number of carbonyl (C=O) groups excluding carboxylic acids is 1. The van der Waals surface area contributed by atoms with Gasteiger partial charge in [0, 0.05) is 11.9 Å². The maximum Gasteiger partial charge on any atom is 0.264 e. The van der Waals surface area contributed by atoms with Crippen LogP contribution in [-0.4, -0.2) is 35.1 Å². The van der Waals surface area contributed by atoms with Crippen molar-refractivity contribution >= 4 is 17.2 Å². The van der Waals surface area contributed by atoms with E-state index in [-0.39, 0.29) is 18.1 Å². The molecule has 21 heavy (non-hydrogen) atoms. The molecule has 0 saturated heterocycles. The van der Waals surface area contributed by atoms with Gasteiger partial charge in [0.05, 0.1) is 17.0 Å². The zero-order valence-corrected chi connectivity index (χ0v) is 13.6. The molecule has 0 aromatic carbocycles. The standard InChI is InChI=1S/C17H25NO2S/c1-18(13-8-5-6-9-14(13)19)17(20)16-11-12-7-3-2-4-10-15(12)21-16/h11,13-14,19H,2-10H2,1H3. The number of likely N-dealkylation sites (N-methyl/N-ethyl adjacent to an activating group) is 1. The summed E-state index contributed by atoms with van der Waals surface area (Å²) in [6.45, 7) is 0. The van der Waals surface area contributed by atoms with Crippen LogP contribution in [0.15, 0.2) is 6.07 Å². The first-order chi connectivity index (χ1) is 10.2. The minimum absolute atomic E-state index is 0.00634. The molecule has 2 aliphatic carbocycles. The molecule has 0 aliphatic heterocycles. The minimum Gasteiger partial charge on any atom is -0.391 e. The Balaban J connectivity index is 1.75. The Kier molecular flexibility index (Phi) is 4.65. The van der Waals surface area contributed by atoms with Crippen LogP contribution >= 0.6 is 11.3 Å². The number of rotatable bonds is 2. The summed E-state index contributed by atoms with van der Waals surface area (Å²) >= 11 is 1.68. The number of nitrogens with zero attached hydrogens (tertiary/aromatic N) is 1. The van der Waals surface area contributed by atoms with Crippen molar-refractivity contribution in [3.05, 3.63) is 21.4 Å². The van der Waals surface area contributed by atoms with Crippen LogP contribution in [0.3, 0.4) is 0 Å². The van der Waals surface area contributed by atoms with E-state index in [1.165, 1.54) is 29.7 Å². The smallest absolute Gasteiger partial charge is 0.264 e. The van der Waals surface area contributed by atoms with Gasteiger partial charge in [-0.1, -0.05) is 19.3 Å². The van der Waals surface area contributed by atoms with Crippen LogP contribution in [0.4, 0.5) is 0 Å². The van der Waals surface area contributed by atoms with E-state index in [1.54, 1.807) is 16.2 Å². The molecular formula is C17H25NO2S. The fourth-order valence-corrected chi connectivity index (χ4v) is 4.88. The Morgan fingerprint density at radius 2 is 1.95 bits per heavy atom. The van der Waals surface area contributed by atoms with Crippen LogP contribution in [0.25, 0.3) is 0 Å². The van der Waals surface area contributed by atoms with Gasteiger partial charge in [-0.3, -0.25) is 4.79 Å². The number of aryl methyl sites for hydroxylation is 2. The van der Waals surface area contributed by atoms with E-state index in [4.69, 9.17) is 0 Å². The fraction of sp³-hybridized carbons (Fsp3) is 0.706. The van der Waals surface area contributed by atoms with Gasteiger partial charge in [-0.25, -0.2) is 0 Å². The second-order valence-corrected chi connectivity index (χ2v) is 7.59. The third-order valence-electron chi connectivity index (χ3n) is 4.97. The molecule has 1 fully saturated rings. The largest absolute Gasteiger partial charge is 0.391 e. The predicted octanol–water partition coefficient (Wildman–Crippen LogP) is 3.39. The molecule has 0 radical (unpaired) electrons. The molecule has 1 N–H and O–H groups in total. The zero-order chi connectivity index (χ0) is 14.8. The SMILES string of the molecule is CN(C(=O)c1cc2c(s1)CCCCC2)C1CCCCC1O. The lowest BCUT2D eigenvalue weighted by molar-refractivity contribution is 0.0271. The molecule has 1 heterocycles. The van der Waals surface area contributed by atoms with Gasteiger partial charge < -0.3 is 10.0 Å². The van der Waals surface area contributed by atoms with Gasteiger partial charge in [-0.05, 0) is 50.2 Å². The Morgan fingerprint density at radius 1 is 1.19 bits per heavy atom. The average molecular weight is 307 g/mol. The highest BCUT2D eigenvalue weighted by Gasteiger charge is 2.30. The van der Waals surface area contributed by atoms with Gasteiger partial charge in [0.1, 0.15) is 0 Å². The molecule has 2 aliphatic rings. The average Bonchev–Trinajstić information content (AvgIpc) is 2.77. The molecule has 1 saturated carbocycles. The van der Waals surface area contributed by atoms with E-state index >= 15 is 0 Å². The van der Waals surface area contributed by atoms with Crippen LogP contribution < -0.4 is 0 Å². The van der Waals surface area contributed by atoms with E-state index in [0.717, 1.165) is 43.4 Å². The predicted molar refractivity (Wildman–Crippen MR) is 85.9 cm³/mol. The Bertz CT molecular complexity index is 487. The van der Waals surface area contributed by atoms with Crippen molar-refractivity contribution in [2.75, 3.05) is 7.05 Å². The molecule has 3 nitrogen and oxygen atoms in total. The Hall–Kier alpha value is -0.870. The van der Waals surface area contributed by atoms with E-state index < -0.39 is 0 Å². The first-order valence-corrected chi connectivity index (χ1v) is 9.05. The Morgan fingerprint density at radius 3 is 2.76 bits per heavy atom. The van der Waals surface area contributed by atoms with Gasteiger partial charge >= 0.3 is 0 Å². The number of aliphatic hydroxyl groups is 1. The summed E-state index contributed by atoms with van der Waals surface area (Å²) in [5.74, 6) is 0.0963. The van der Waals surface area contributed by atoms with Crippen molar-refractivity contribution in [3.8, 4) is 0 Å². The molecule has 116 valence electrons. The van der Waals surface area contributed by atoms with Crippen molar-refractivity contribution < 1.29 is 9.90 Å². The lowest BCUT2D eigenvalue weighted by atomic mass is 9.91. The Labute approximate surface area is 131 Å². The normalized spacial score (nSPS) is 26.0. The van der Waals surface area contributed by atoms with Crippen LogP contribution in [0.2, 0.25) is 0 Å². The molecule has 2 atom stereocenters. The van der Waals surface area contributed by atoms with Crippen molar-refractivity contribution in [2.24, 2.45) is 0 Å². The molecule has 0 bridgehead atoms. The minimum atomic E-state index is -0.356. The molecular weight excluding hydrogens is 282 g/mol. The highest BCUT2D eigenvalue weighted by Crippen LogP contribution is 2.31. The van der Waals surface area contributed by atoms with Crippen molar-refractivity contribution in [2.45, 2.75) is 69.9 Å². The summed E-state index contributed by atoms with van der Waals surface area (Å²) in [7, 11) is 1.85. The lowest BCUT2D eigenvalue weighted by Gasteiger charge is -2.35. The lowest BCUT2D eigenvalue weighted by Crippen LogP contribution is -2.46. The summed E-state index contributed by atoms with van der Waals surface area (Å²) in [4.78, 5) is 16.8. The third kappa shape index (κ3) is 3.16. The molecule has 0 spiro atoms. The first kappa shape index (κ1) is 15.0.